The van der Waals surface area contributed by atoms with Gasteiger partial charge in [-0.25, -0.2) is 9.78 Å². The lowest BCUT2D eigenvalue weighted by Crippen LogP contribution is -2.24. The van der Waals surface area contributed by atoms with Gasteiger partial charge in [-0.3, -0.25) is 0 Å². The molecule has 112 valence electrons. The molecule has 0 saturated heterocycles. The zero-order valence-electron chi connectivity index (χ0n) is 12.4. The lowest BCUT2D eigenvalue weighted by Gasteiger charge is -2.25. The van der Waals surface area contributed by atoms with Crippen LogP contribution in [0.25, 0.3) is 0 Å². The van der Waals surface area contributed by atoms with E-state index < -0.39 is 5.97 Å². The van der Waals surface area contributed by atoms with Crippen LogP contribution >= 0.6 is 0 Å². The maximum absolute atomic E-state index is 11.1. The minimum Gasteiger partial charge on any atom is -0.478 e. The van der Waals surface area contributed by atoms with Gasteiger partial charge in [0, 0.05) is 18.8 Å². The number of aromatic nitrogens is 1. The normalized spacial score (nSPS) is 11.4. The van der Waals surface area contributed by atoms with Crippen molar-refractivity contribution >= 4 is 11.8 Å². The number of aliphatic hydroxyl groups excluding tert-OH is 1. The quantitative estimate of drug-likeness (QED) is 0.681. The number of pyridine rings is 1. The van der Waals surface area contributed by atoms with Crippen LogP contribution in [0.5, 0.6) is 0 Å². The average molecular weight is 280 g/mol. The Bertz CT molecular complexity index is 458. The Morgan fingerprint density at radius 2 is 2.10 bits per heavy atom. The number of hydrogen-bond donors (Lipinski definition) is 3. The van der Waals surface area contributed by atoms with E-state index in [-0.39, 0.29) is 17.6 Å². The first-order chi connectivity index (χ1) is 9.38. The fraction of sp³-hybridized carbons (Fsp3) is 0.600. The van der Waals surface area contributed by atoms with E-state index in [1.165, 1.54) is 0 Å². The van der Waals surface area contributed by atoms with Crippen LogP contribution in [0.3, 0.4) is 0 Å². The Hall–Kier alpha value is -1.62. The predicted molar refractivity (Wildman–Crippen MR) is 79.2 cm³/mol. The van der Waals surface area contributed by atoms with Crippen LogP contribution in [-0.2, 0) is 6.42 Å². The highest BCUT2D eigenvalue weighted by Gasteiger charge is 2.17. The highest BCUT2D eigenvalue weighted by Crippen LogP contribution is 2.23. The smallest absolute Gasteiger partial charge is 0.335 e. The molecular weight excluding hydrogens is 256 g/mol. The summed E-state index contributed by atoms with van der Waals surface area (Å²) >= 11 is 0. The first kappa shape index (κ1) is 16.4. The van der Waals surface area contributed by atoms with Crippen LogP contribution in [-0.4, -0.2) is 34.3 Å². The minimum absolute atomic E-state index is 0.0238. The van der Waals surface area contributed by atoms with E-state index in [2.05, 4.69) is 24.1 Å². The van der Waals surface area contributed by atoms with E-state index >= 15 is 0 Å². The van der Waals surface area contributed by atoms with E-state index in [9.17, 15) is 4.79 Å². The van der Waals surface area contributed by atoms with Crippen LogP contribution < -0.4 is 5.32 Å². The zero-order valence-corrected chi connectivity index (χ0v) is 12.4. The number of nitrogens with one attached hydrogen (secondary N) is 1. The molecule has 0 aliphatic carbocycles. The number of rotatable bonds is 8. The molecule has 0 fully saturated rings. The summed E-state index contributed by atoms with van der Waals surface area (Å²) in [6, 6.07) is 3.16. The second kappa shape index (κ2) is 7.24. The van der Waals surface area contributed by atoms with E-state index in [1.54, 1.807) is 12.1 Å². The fourth-order valence-corrected chi connectivity index (χ4v) is 1.96. The molecule has 3 N–H and O–H groups in total. The number of nitrogens with zero attached hydrogens (tertiary/aromatic N) is 1. The number of hydrogen-bond acceptors (Lipinski definition) is 4. The lowest BCUT2D eigenvalue weighted by molar-refractivity contribution is 0.0696. The van der Waals surface area contributed by atoms with Gasteiger partial charge in [0.05, 0.1) is 5.56 Å². The van der Waals surface area contributed by atoms with E-state index in [1.807, 2.05) is 6.92 Å². The van der Waals surface area contributed by atoms with E-state index in [0.29, 0.717) is 18.8 Å². The van der Waals surface area contributed by atoms with Crippen LogP contribution in [0, 0.1) is 5.41 Å². The Morgan fingerprint density at radius 1 is 1.40 bits per heavy atom. The predicted octanol–water partition coefficient (Wildman–Crippen LogP) is 2.55. The molecule has 0 aromatic carbocycles. The van der Waals surface area contributed by atoms with Gasteiger partial charge >= 0.3 is 5.97 Å². The molecule has 0 radical (unpaired) electrons. The standard InChI is InChI=1S/C15H24N2O3/c1-4-12-8-11(14(19)20)9-13(17-12)16-10-15(2,3)6-5-7-18/h8-9,18H,4-7,10H2,1-3H3,(H,16,17)(H,19,20). The largest absolute Gasteiger partial charge is 0.478 e. The van der Waals surface area contributed by atoms with Crippen LogP contribution in [0.2, 0.25) is 0 Å². The van der Waals surface area contributed by atoms with Gasteiger partial charge in [0.25, 0.3) is 0 Å². The van der Waals surface area contributed by atoms with Crippen molar-refractivity contribution in [3.05, 3.63) is 23.4 Å². The molecule has 0 amide bonds. The van der Waals surface area contributed by atoms with Crippen molar-refractivity contribution in [2.75, 3.05) is 18.5 Å². The average Bonchev–Trinajstić information content (AvgIpc) is 2.42. The monoisotopic (exact) mass is 280 g/mol. The molecule has 0 aliphatic rings. The van der Waals surface area contributed by atoms with Gasteiger partial charge in [-0.1, -0.05) is 20.8 Å². The van der Waals surface area contributed by atoms with Crippen molar-refractivity contribution < 1.29 is 15.0 Å². The van der Waals surface area contributed by atoms with Gasteiger partial charge in [-0.2, -0.15) is 0 Å². The molecule has 0 bridgehead atoms. The topological polar surface area (TPSA) is 82.5 Å². The Balaban J connectivity index is 2.76. The molecule has 1 heterocycles. The first-order valence-electron chi connectivity index (χ1n) is 6.97. The minimum atomic E-state index is -0.940. The molecule has 0 saturated carbocycles. The number of carboxylic acid groups (broad SMARTS) is 1. The summed E-state index contributed by atoms with van der Waals surface area (Å²) in [7, 11) is 0. The summed E-state index contributed by atoms with van der Waals surface area (Å²) in [6.07, 6.45) is 2.36. The van der Waals surface area contributed by atoms with E-state index in [0.717, 1.165) is 18.5 Å². The third kappa shape index (κ3) is 5.17. The Morgan fingerprint density at radius 3 is 2.65 bits per heavy atom. The Labute approximate surface area is 120 Å². The molecule has 0 atom stereocenters. The van der Waals surface area contributed by atoms with Crippen molar-refractivity contribution in [3.63, 3.8) is 0 Å². The molecule has 5 nitrogen and oxygen atoms in total. The van der Waals surface area contributed by atoms with Crippen LogP contribution in [0.15, 0.2) is 12.1 Å². The van der Waals surface area contributed by atoms with E-state index in [4.69, 9.17) is 10.2 Å². The van der Waals surface area contributed by atoms with Gasteiger partial charge in [0.1, 0.15) is 5.82 Å². The van der Waals surface area contributed by atoms with Crippen LogP contribution in [0.4, 0.5) is 5.82 Å². The number of aromatic carboxylic acids is 1. The maximum atomic E-state index is 11.1. The number of aryl methyl sites for hydroxylation is 1. The highest BCUT2D eigenvalue weighted by molar-refractivity contribution is 5.88. The van der Waals surface area contributed by atoms with Gasteiger partial charge in [-0.15, -0.1) is 0 Å². The summed E-state index contributed by atoms with van der Waals surface area (Å²) in [5.74, 6) is -0.344. The second-order valence-electron chi connectivity index (χ2n) is 5.74. The van der Waals surface area contributed by atoms with Crippen LogP contribution in [0.1, 0.15) is 49.7 Å². The SMILES string of the molecule is CCc1cc(C(=O)O)cc(NCC(C)(C)CCCO)n1. The van der Waals surface area contributed by atoms with Crippen molar-refractivity contribution in [3.8, 4) is 0 Å². The van der Waals surface area contributed by atoms with Gasteiger partial charge in [-0.05, 0) is 36.8 Å². The second-order valence-corrected chi connectivity index (χ2v) is 5.74. The highest BCUT2D eigenvalue weighted by atomic mass is 16.4. The molecule has 1 aromatic rings. The van der Waals surface area contributed by atoms with Crippen molar-refractivity contribution in [1.29, 1.82) is 0 Å². The molecular formula is C15H24N2O3. The van der Waals surface area contributed by atoms with Crippen molar-refractivity contribution in [1.82, 2.24) is 4.98 Å². The molecule has 1 aromatic heterocycles. The van der Waals surface area contributed by atoms with Gasteiger partial charge < -0.3 is 15.5 Å². The fourth-order valence-electron chi connectivity index (χ4n) is 1.96. The third-order valence-corrected chi connectivity index (χ3v) is 3.25. The lowest BCUT2D eigenvalue weighted by atomic mass is 9.88. The van der Waals surface area contributed by atoms with Gasteiger partial charge in [0.2, 0.25) is 0 Å². The molecule has 0 unspecified atom stereocenters. The molecule has 0 spiro atoms. The summed E-state index contributed by atoms with van der Waals surface area (Å²) < 4.78 is 0. The molecule has 20 heavy (non-hydrogen) atoms. The number of aliphatic hydroxyl groups is 1. The summed E-state index contributed by atoms with van der Waals surface area (Å²) in [4.78, 5) is 15.5. The zero-order chi connectivity index (χ0) is 15.2. The first-order valence-corrected chi connectivity index (χ1v) is 6.97. The number of carbonyl (C=O) groups is 1. The summed E-state index contributed by atoms with van der Waals surface area (Å²) in [5, 5.41) is 21.2. The number of anilines is 1. The molecule has 0 aliphatic heterocycles. The van der Waals surface area contributed by atoms with Crippen molar-refractivity contribution in [2.45, 2.75) is 40.0 Å². The molecule has 1 rings (SSSR count). The van der Waals surface area contributed by atoms with Crippen molar-refractivity contribution in [2.24, 2.45) is 5.41 Å². The third-order valence-electron chi connectivity index (χ3n) is 3.25. The molecule has 5 heteroatoms. The maximum Gasteiger partial charge on any atom is 0.335 e. The number of carboxylic acids is 1. The summed E-state index contributed by atoms with van der Waals surface area (Å²) in [5.41, 5.74) is 1.05. The summed E-state index contributed by atoms with van der Waals surface area (Å²) in [6.45, 7) is 7.04. The Kier molecular flexibility index (Phi) is 5.95. The van der Waals surface area contributed by atoms with Gasteiger partial charge in [0.15, 0.2) is 0 Å².